The standard InChI is InChI=1S/C40H40N2O8/c1-26-22-33-29-10-4-2-8-27(29)24-35(37(33)43)49-20-18-47-16-14-41-39(45)31-12-6-7-13-32(31)40(46)42-15-17-48-19-21-50-36-25-28-9-3-5-11-30(28)34(23-26)38(36)44/h2-13,24-25,43-44H,1,14-23H2,(H,41,45)(H,42,46). The van der Waals surface area contributed by atoms with Crippen molar-refractivity contribution in [1.29, 1.82) is 0 Å². The van der Waals surface area contributed by atoms with E-state index in [0.717, 1.165) is 27.1 Å². The number of aromatic hydroxyl groups is 2. The van der Waals surface area contributed by atoms with Gasteiger partial charge in [-0.15, -0.1) is 0 Å². The number of phenolic OH excluding ortho intramolecular Hbond substituents is 2. The molecule has 0 fully saturated rings. The summed E-state index contributed by atoms with van der Waals surface area (Å²) < 4.78 is 23.3. The zero-order valence-corrected chi connectivity index (χ0v) is 27.7. The summed E-state index contributed by atoms with van der Waals surface area (Å²) in [4.78, 5) is 25.8. The van der Waals surface area contributed by atoms with E-state index in [1.165, 1.54) is 0 Å². The lowest BCUT2D eigenvalue weighted by atomic mass is 9.92. The number of hydrogen-bond donors (Lipinski definition) is 4. The van der Waals surface area contributed by atoms with Crippen molar-refractivity contribution >= 4 is 33.4 Å². The predicted molar refractivity (Wildman–Crippen MR) is 192 cm³/mol. The molecule has 6 rings (SSSR count). The Morgan fingerprint density at radius 3 is 1.44 bits per heavy atom. The third kappa shape index (κ3) is 7.99. The summed E-state index contributed by atoms with van der Waals surface area (Å²) in [6.45, 7) is 6.02. The van der Waals surface area contributed by atoms with Crippen LogP contribution in [0.5, 0.6) is 23.0 Å². The van der Waals surface area contributed by atoms with Gasteiger partial charge in [0.15, 0.2) is 23.0 Å². The molecule has 0 spiro atoms. The summed E-state index contributed by atoms with van der Waals surface area (Å²) in [5, 5.41) is 32.0. The van der Waals surface area contributed by atoms with E-state index >= 15 is 0 Å². The largest absolute Gasteiger partial charge is 0.504 e. The van der Waals surface area contributed by atoms with Gasteiger partial charge in [-0.1, -0.05) is 72.8 Å². The van der Waals surface area contributed by atoms with E-state index in [-0.39, 0.29) is 75.4 Å². The van der Waals surface area contributed by atoms with Gasteiger partial charge in [0.05, 0.1) is 37.6 Å². The second-order valence-corrected chi connectivity index (χ2v) is 11.9. The summed E-state index contributed by atoms with van der Waals surface area (Å²) in [5.41, 5.74) is 2.62. The number of phenols is 2. The molecule has 5 aromatic carbocycles. The molecule has 10 nitrogen and oxygen atoms in total. The first-order chi connectivity index (χ1) is 24.4. The van der Waals surface area contributed by atoms with Crippen LogP contribution in [0.4, 0.5) is 0 Å². The number of rotatable bonds is 0. The molecule has 5 aromatic rings. The monoisotopic (exact) mass is 676 g/mol. The van der Waals surface area contributed by atoms with Gasteiger partial charge in [-0.25, -0.2) is 0 Å². The molecule has 258 valence electrons. The molecule has 0 saturated heterocycles. The maximum Gasteiger partial charge on any atom is 0.252 e. The molecule has 0 atom stereocenters. The lowest BCUT2D eigenvalue weighted by Gasteiger charge is -2.18. The Morgan fingerprint density at radius 1 is 0.560 bits per heavy atom. The molecule has 0 aromatic heterocycles. The van der Waals surface area contributed by atoms with Crippen molar-refractivity contribution in [2.24, 2.45) is 0 Å². The number of nitrogens with one attached hydrogen (secondary N) is 2. The lowest BCUT2D eigenvalue weighted by molar-refractivity contribution is 0.0840. The number of allylic oxidation sites excluding steroid dienone is 1. The maximum atomic E-state index is 12.9. The minimum atomic E-state index is -0.392. The summed E-state index contributed by atoms with van der Waals surface area (Å²) >= 11 is 0. The van der Waals surface area contributed by atoms with Gasteiger partial charge in [-0.2, -0.15) is 0 Å². The highest BCUT2D eigenvalue weighted by molar-refractivity contribution is 6.07. The quantitative estimate of drug-likeness (QED) is 0.153. The van der Waals surface area contributed by atoms with Crippen LogP contribution in [-0.2, 0) is 22.3 Å². The smallest absolute Gasteiger partial charge is 0.252 e. The molecule has 4 N–H and O–H groups in total. The van der Waals surface area contributed by atoms with Gasteiger partial charge >= 0.3 is 0 Å². The summed E-state index contributed by atoms with van der Waals surface area (Å²) in [6.07, 6.45) is 0.679. The number of ether oxygens (including phenoxy) is 4. The maximum absolute atomic E-state index is 12.9. The number of hydrogen-bond acceptors (Lipinski definition) is 8. The molecule has 0 saturated carbocycles. The molecule has 1 aliphatic rings. The first-order valence-corrected chi connectivity index (χ1v) is 16.6. The van der Waals surface area contributed by atoms with E-state index in [2.05, 4.69) is 17.2 Å². The summed E-state index contributed by atoms with van der Waals surface area (Å²) in [7, 11) is 0. The van der Waals surface area contributed by atoms with Crippen molar-refractivity contribution in [2.45, 2.75) is 12.8 Å². The molecule has 0 aliphatic carbocycles. The molecule has 2 amide bonds. The zero-order valence-electron chi connectivity index (χ0n) is 27.7. The Hall–Kier alpha value is -5.58. The minimum absolute atomic E-state index is 0.0170. The first-order valence-electron chi connectivity index (χ1n) is 16.6. The fourth-order valence-corrected chi connectivity index (χ4v) is 6.08. The highest BCUT2D eigenvalue weighted by Gasteiger charge is 2.20. The van der Waals surface area contributed by atoms with Crippen LogP contribution in [0, 0.1) is 0 Å². The number of benzene rings is 5. The van der Waals surface area contributed by atoms with Crippen LogP contribution in [0.1, 0.15) is 31.8 Å². The Labute approximate surface area is 290 Å². The third-order valence-electron chi connectivity index (χ3n) is 8.49. The van der Waals surface area contributed by atoms with Crippen LogP contribution in [0.15, 0.2) is 97.1 Å². The number of carbonyl (C=O) groups is 2. The number of carbonyl (C=O) groups excluding carboxylic acids is 2. The second-order valence-electron chi connectivity index (χ2n) is 11.9. The zero-order chi connectivity index (χ0) is 34.9. The van der Waals surface area contributed by atoms with Gasteiger partial charge in [0.1, 0.15) is 13.2 Å². The molecule has 1 heterocycles. The molecule has 1 aliphatic heterocycles. The van der Waals surface area contributed by atoms with Crippen LogP contribution in [0.2, 0.25) is 0 Å². The molecule has 50 heavy (non-hydrogen) atoms. The van der Waals surface area contributed by atoms with Crippen LogP contribution < -0.4 is 20.1 Å². The van der Waals surface area contributed by atoms with Gasteiger partial charge in [-0.05, 0) is 58.7 Å². The third-order valence-corrected chi connectivity index (χ3v) is 8.49. The van der Waals surface area contributed by atoms with Crippen molar-refractivity contribution in [3.63, 3.8) is 0 Å². The second kappa shape index (κ2) is 16.2. The van der Waals surface area contributed by atoms with Gasteiger partial charge in [-0.3, -0.25) is 9.59 Å². The van der Waals surface area contributed by atoms with Gasteiger partial charge in [0.25, 0.3) is 11.8 Å². The Bertz CT molecular complexity index is 1880. The van der Waals surface area contributed by atoms with Crippen molar-refractivity contribution in [3.05, 3.63) is 119 Å². The van der Waals surface area contributed by atoms with Crippen molar-refractivity contribution in [1.82, 2.24) is 10.6 Å². The van der Waals surface area contributed by atoms with Gasteiger partial charge in [0, 0.05) is 24.2 Å². The van der Waals surface area contributed by atoms with Gasteiger partial charge < -0.3 is 39.8 Å². The Balaban J connectivity index is 1.25. The van der Waals surface area contributed by atoms with E-state index in [0.29, 0.717) is 35.5 Å². The van der Waals surface area contributed by atoms with E-state index in [9.17, 15) is 19.8 Å². The fraction of sp³-hybridized carbons (Fsp3) is 0.250. The summed E-state index contributed by atoms with van der Waals surface area (Å²) in [6, 6.07) is 25.7. The molecular formula is C40H40N2O8. The highest BCUT2D eigenvalue weighted by Crippen LogP contribution is 2.41. The number of fused-ring (bicyclic) bond motifs is 9. The molecule has 10 heteroatoms. The molecule has 0 unspecified atom stereocenters. The van der Waals surface area contributed by atoms with Crippen LogP contribution in [0.3, 0.4) is 0 Å². The summed E-state index contributed by atoms with van der Waals surface area (Å²) in [5.74, 6) is -0.108. The Kier molecular flexibility index (Phi) is 11.1. The van der Waals surface area contributed by atoms with Crippen molar-refractivity contribution in [3.8, 4) is 23.0 Å². The van der Waals surface area contributed by atoms with E-state index in [4.69, 9.17) is 18.9 Å². The normalized spacial score (nSPS) is 16.0. The van der Waals surface area contributed by atoms with Crippen LogP contribution in [0.25, 0.3) is 21.5 Å². The minimum Gasteiger partial charge on any atom is -0.504 e. The van der Waals surface area contributed by atoms with Crippen molar-refractivity contribution < 1.29 is 38.7 Å². The van der Waals surface area contributed by atoms with Crippen LogP contribution in [-0.4, -0.2) is 74.8 Å². The average molecular weight is 677 g/mol. The van der Waals surface area contributed by atoms with Crippen molar-refractivity contribution in [2.75, 3.05) is 52.7 Å². The lowest BCUT2D eigenvalue weighted by Crippen LogP contribution is -2.32. The average Bonchev–Trinajstić information content (AvgIpc) is 3.13. The molecular weight excluding hydrogens is 636 g/mol. The van der Waals surface area contributed by atoms with E-state index in [1.54, 1.807) is 36.4 Å². The number of amides is 2. The Morgan fingerprint density at radius 2 is 0.980 bits per heavy atom. The van der Waals surface area contributed by atoms with Crippen LogP contribution >= 0.6 is 0 Å². The topological polar surface area (TPSA) is 136 Å². The van der Waals surface area contributed by atoms with E-state index in [1.807, 2.05) is 48.5 Å². The highest BCUT2D eigenvalue weighted by atomic mass is 16.5. The first kappa shape index (κ1) is 34.3. The molecule has 0 radical (unpaired) electrons. The predicted octanol–water partition coefficient (Wildman–Crippen LogP) is 5.71. The van der Waals surface area contributed by atoms with Gasteiger partial charge in [0.2, 0.25) is 0 Å². The molecule has 4 bridgehead atoms. The van der Waals surface area contributed by atoms with E-state index < -0.39 is 11.8 Å². The fourth-order valence-electron chi connectivity index (χ4n) is 6.08. The SMILES string of the molecule is C=C1Cc2c(O)c(cc3ccccc23)OCCOCCNC(=O)c2ccccc2C(=O)NCCOCCOc2cc3ccccc3c(c2O)C1.